The summed E-state index contributed by atoms with van der Waals surface area (Å²) in [5, 5.41) is 15.3. The number of methoxy groups -OCH3 is 1. The quantitative estimate of drug-likeness (QED) is 0.196. The van der Waals surface area contributed by atoms with Crippen LogP contribution >= 0.6 is 0 Å². The van der Waals surface area contributed by atoms with Gasteiger partial charge in [-0.1, -0.05) is 0 Å². The fourth-order valence-corrected chi connectivity index (χ4v) is 4.55. The van der Waals surface area contributed by atoms with Crippen LogP contribution in [0.5, 0.6) is 17.4 Å². The maximum atomic E-state index is 15.3. The van der Waals surface area contributed by atoms with Gasteiger partial charge in [-0.25, -0.2) is 13.3 Å². The third kappa shape index (κ3) is 5.58. The van der Waals surface area contributed by atoms with Gasteiger partial charge in [-0.2, -0.15) is 5.10 Å². The molecule has 0 saturated carbocycles. The Kier molecular flexibility index (Phi) is 8.01. The van der Waals surface area contributed by atoms with Crippen LogP contribution in [0.15, 0.2) is 83.9 Å². The predicted molar refractivity (Wildman–Crippen MR) is 159 cm³/mol. The Balaban J connectivity index is 1.43. The molecule has 0 aliphatic carbocycles. The molecule has 43 heavy (non-hydrogen) atoms. The minimum atomic E-state index is -0.792. The van der Waals surface area contributed by atoms with Gasteiger partial charge >= 0.3 is 0 Å². The van der Waals surface area contributed by atoms with Crippen molar-refractivity contribution in [1.29, 1.82) is 5.41 Å². The second kappa shape index (κ2) is 12.0. The van der Waals surface area contributed by atoms with Gasteiger partial charge in [0.05, 0.1) is 24.5 Å². The number of halogens is 2. The standard InChI is InChI=1S/C31H26F2N6O4/c1-3-38-26-14-24(19(15-34)16-35)28(12-18(26)17-36-38)43-27-10-6-21(13-25(27)33)37-30(40)23-9-11-29(42-2)39(31(23)41)22-7-4-20(32)5-8-22/h4-17,34H,3,35H2,1-2H3,(H,37,40)/b19-16+,34-15?. The summed E-state index contributed by atoms with van der Waals surface area (Å²) in [6.07, 6.45) is 3.98. The topological polar surface area (TPSA) is 137 Å². The number of rotatable bonds is 9. The Morgan fingerprint density at radius 1 is 1.05 bits per heavy atom. The molecule has 12 heteroatoms. The van der Waals surface area contributed by atoms with E-state index in [1.165, 1.54) is 61.8 Å². The molecular weight excluding hydrogens is 558 g/mol. The Morgan fingerprint density at radius 2 is 1.81 bits per heavy atom. The van der Waals surface area contributed by atoms with Crippen LogP contribution < -0.4 is 26.1 Å². The van der Waals surface area contributed by atoms with E-state index < -0.39 is 23.1 Å². The number of ether oxygens (including phenoxy) is 2. The molecular formula is C31H26F2N6O4. The Hall–Kier alpha value is -5.78. The number of nitrogens with one attached hydrogen (secondary N) is 2. The normalized spacial score (nSPS) is 11.4. The van der Waals surface area contributed by atoms with E-state index in [0.717, 1.165) is 27.8 Å². The maximum Gasteiger partial charge on any atom is 0.270 e. The number of anilines is 1. The van der Waals surface area contributed by atoms with Gasteiger partial charge in [0.15, 0.2) is 11.6 Å². The van der Waals surface area contributed by atoms with E-state index in [1.807, 2.05) is 6.92 Å². The average molecular weight is 585 g/mol. The van der Waals surface area contributed by atoms with Gasteiger partial charge in [0, 0.05) is 47.2 Å². The van der Waals surface area contributed by atoms with E-state index in [1.54, 1.807) is 23.0 Å². The van der Waals surface area contributed by atoms with Crippen molar-refractivity contribution in [3.8, 4) is 23.1 Å². The number of aryl methyl sites for hydroxylation is 1. The molecule has 0 atom stereocenters. The molecule has 0 spiro atoms. The molecule has 4 N–H and O–H groups in total. The first kappa shape index (κ1) is 28.7. The number of allylic oxidation sites excluding steroid dienone is 1. The number of amides is 1. The van der Waals surface area contributed by atoms with Crippen LogP contribution in [0.1, 0.15) is 22.8 Å². The van der Waals surface area contributed by atoms with Gasteiger partial charge in [0.2, 0.25) is 5.88 Å². The average Bonchev–Trinajstić information content (AvgIpc) is 3.41. The molecule has 0 aliphatic heterocycles. The molecule has 0 unspecified atom stereocenters. The van der Waals surface area contributed by atoms with Crippen molar-refractivity contribution in [2.45, 2.75) is 13.5 Å². The van der Waals surface area contributed by atoms with Crippen LogP contribution in [0.25, 0.3) is 22.2 Å². The number of nitrogens with zero attached hydrogens (tertiary/aromatic N) is 3. The summed E-state index contributed by atoms with van der Waals surface area (Å²) in [6, 6.07) is 15.1. The number of carbonyl (C=O) groups excluding carboxylic acids is 1. The molecule has 0 radical (unpaired) electrons. The van der Waals surface area contributed by atoms with Gasteiger partial charge in [0.1, 0.15) is 17.1 Å². The maximum absolute atomic E-state index is 15.3. The highest BCUT2D eigenvalue weighted by molar-refractivity contribution is 6.10. The van der Waals surface area contributed by atoms with E-state index in [0.29, 0.717) is 23.4 Å². The molecule has 10 nitrogen and oxygen atoms in total. The van der Waals surface area contributed by atoms with E-state index in [-0.39, 0.29) is 28.6 Å². The van der Waals surface area contributed by atoms with Crippen molar-refractivity contribution in [2.24, 2.45) is 5.73 Å². The van der Waals surface area contributed by atoms with Gasteiger partial charge in [0.25, 0.3) is 11.5 Å². The van der Waals surface area contributed by atoms with Crippen LogP contribution in [0.3, 0.4) is 0 Å². The third-order valence-corrected chi connectivity index (χ3v) is 6.68. The summed E-state index contributed by atoms with van der Waals surface area (Å²) >= 11 is 0. The number of benzene rings is 3. The Labute approximate surface area is 244 Å². The van der Waals surface area contributed by atoms with E-state index in [9.17, 15) is 14.0 Å². The monoisotopic (exact) mass is 584 g/mol. The van der Waals surface area contributed by atoms with E-state index in [2.05, 4.69) is 10.4 Å². The van der Waals surface area contributed by atoms with E-state index >= 15 is 4.39 Å². The smallest absolute Gasteiger partial charge is 0.270 e. The number of aromatic nitrogens is 3. The molecule has 0 saturated heterocycles. The molecule has 2 heterocycles. The number of carbonyl (C=O) groups is 1. The van der Waals surface area contributed by atoms with Crippen LogP contribution in [-0.2, 0) is 6.54 Å². The van der Waals surface area contributed by atoms with Gasteiger partial charge in [-0.05, 0) is 67.6 Å². The van der Waals surface area contributed by atoms with Crippen molar-refractivity contribution >= 4 is 34.3 Å². The lowest BCUT2D eigenvalue weighted by Gasteiger charge is -2.15. The zero-order valence-electron chi connectivity index (χ0n) is 23.1. The fraction of sp³-hybridized carbons (Fsp3) is 0.0968. The molecule has 0 aliphatic rings. The van der Waals surface area contributed by atoms with Crippen molar-refractivity contribution in [3.05, 3.63) is 112 Å². The van der Waals surface area contributed by atoms with Gasteiger partial charge in [-0.3, -0.25) is 14.3 Å². The lowest BCUT2D eigenvalue weighted by atomic mass is 10.0. The summed E-state index contributed by atoms with van der Waals surface area (Å²) in [4.78, 5) is 26.3. The molecule has 2 aromatic heterocycles. The lowest BCUT2D eigenvalue weighted by Crippen LogP contribution is -2.29. The Morgan fingerprint density at radius 3 is 2.47 bits per heavy atom. The molecule has 5 aromatic rings. The highest BCUT2D eigenvalue weighted by Crippen LogP contribution is 2.35. The van der Waals surface area contributed by atoms with Crippen molar-refractivity contribution in [2.75, 3.05) is 12.4 Å². The fourth-order valence-electron chi connectivity index (χ4n) is 4.55. The first-order valence-corrected chi connectivity index (χ1v) is 13.0. The molecule has 5 rings (SSSR count). The third-order valence-electron chi connectivity index (χ3n) is 6.68. The van der Waals surface area contributed by atoms with Crippen molar-refractivity contribution in [1.82, 2.24) is 14.3 Å². The van der Waals surface area contributed by atoms with Crippen LogP contribution in [-0.4, -0.2) is 33.6 Å². The largest absolute Gasteiger partial charge is 0.482 e. The summed E-state index contributed by atoms with van der Waals surface area (Å²) in [7, 11) is 1.36. The second-order valence-corrected chi connectivity index (χ2v) is 9.24. The summed E-state index contributed by atoms with van der Waals surface area (Å²) in [5.74, 6) is -1.84. The molecule has 0 fully saturated rings. The first-order chi connectivity index (χ1) is 20.8. The minimum Gasteiger partial charge on any atom is -0.482 e. The van der Waals surface area contributed by atoms with Crippen LogP contribution in [0.4, 0.5) is 14.5 Å². The molecule has 1 amide bonds. The van der Waals surface area contributed by atoms with Gasteiger partial charge in [-0.15, -0.1) is 0 Å². The van der Waals surface area contributed by atoms with Crippen molar-refractivity contribution in [3.63, 3.8) is 0 Å². The highest BCUT2D eigenvalue weighted by atomic mass is 19.1. The number of fused-ring (bicyclic) bond motifs is 1. The number of nitrogens with two attached hydrogens (primary N) is 1. The van der Waals surface area contributed by atoms with Crippen LogP contribution in [0.2, 0.25) is 0 Å². The minimum absolute atomic E-state index is 0.0698. The highest BCUT2D eigenvalue weighted by Gasteiger charge is 2.19. The van der Waals surface area contributed by atoms with E-state index in [4.69, 9.17) is 20.6 Å². The number of pyridine rings is 1. The summed E-state index contributed by atoms with van der Waals surface area (Å²) in [5.41, 5.74) is 6.75. The molecule has 0 bridgehead atoms. The summed E-state index contributed by atoms with van der Waals surface area (Å²) < 4.78 is 42.8. The number of hydrogen-bond acceptors (Lipinski definition) is 7. The Bertz CT molecular complexity index is 1950. The number of hydrogen-bond donors (Lipinski definition) is 3. The second-order valence-electron chi connectivity index (χ2n) is 9.24. The zero-order chi connectivity index (χ0) is 30.7. The predicted octanol–water partition coefficient (Wildman–Crippen LogP) is 5.49. The lowest BCUT2D eigenvalue weighted by molar-refractivity contribution is 0.102. The zero-order valence-corrected chi connectivity index (χ0v) is 23.1. The van der Waals surface area contributed by atoms with Crippen molar-refractivity contribution < 1.29 is 23.0 Å². The van der Waals surface area contributed by atoms with Gasteiger partial charge < -0.3 is 25.9 Å². The molecule has 218 valence electrons. The molecule has 3 aromatic carbocycles. The first-order valence-electron chi connectivity index (χ1n) is 13.0. The summed E-state index contributed by atoms with van der Waals surface area (Å²) in [6.45, 7) is 2.56. The SMILES string of the molecule is CCn1ncc2cc(Oc3ccc(NC(=O)c4ccc(OC)n(-c5ccc(F)cc5)c4=O)cc3F)c(/C(C=N)=C/N)cc21. The van der Waals surface area contributed by atoms with Crippen LogP contribution in [0, 0.1) is 17.0 Å².